The fraction of sp³-hybridized carbons (Fsp3) is 0.350. The van der Waals surface area contributed by atoms with E-state index in [0.29, 0.717) is 25.2 Å². The van der Waals surface area contributed by atoms with Gasteiger partial charge in [-0.25, -0.2) is 4.68 Å². The monoisotopic (exact) mass is 366 g/mol. The minimum atomic E-state index is -0.253. The van der Waals surface area contributed by atoms with E-state index >= 15 is 0 Å². The second kappa shape index (κ2) is 7.75. The third kappa shape index (κ3) is 3.93. The molecule has 0 saturated carbocycles. The molecule has 0 radical (unpaired) electrons. The van der Waals surface area contributed by atoms with Gasteiger partial charge in [0.1, 0.15) is 18.4 Å². The summed E-state index contributed by atoms with van der Waals surface area (Å²) in [4.78, 5) is 26.7. The van der Waals surface area contributed by atoms with Gasteiger partial charge in [-0.3, -0.25) is 9.59 Å². The summed E-state index contributed by atoms with van der Waals surface area (Å²) >= 11 is 0. The molecular weight excluding hydrogens is 344 g/mol. The van der Waals surface area contributed by atoms with Crippen molar-refractivity contribution in [2.75, 3.05) is 13.1 Å². The zero-order chi connectivity index (χ0) is 18.6. The van der Waals surface area contributed by atoms with E-state index in [1.165, 1.54) is 4.68 Å². The van der Waals surface area contributed by atoms with Gasteiger partial charge in [0.25, 0.3) is 5.56 Å². The summed E-state index contributed by atoms with van der Waals surface area (Å²) in [6.45, 7) is 1.84. The maximum absolute atomic E-state index is 12.6. The van der Waals surface area contributed by atoms with Crippen molar-refractivity contribution in [2.45, 2.75) is 32.1 Å². The molecule has 7 heteroatoms. The predicted molar refractivity (Wildman–Crippen MR) is 100 cm³/mol. The average molecular weight is 366 g/mol. The molecule has 0 aliphatic carbocycles. The third-order valence-corrected chi connectivity index (χ3v) is 4.96. The number of hydrogen-bond donors (Lipinski definition) is 0. The Balaban J connectivity index is 1.30. The number of benzene rings is 1. The van der Waals surface area contributed by atoms with E-state index in [1.54, 1.807) is 34.0 Å². The lowest BCUT2D eigenvalue weighted by Gasteiger charge is -2.32. The molecule has 1 saturated heterocycles. The van der Waals surface area contributed by atoms with Crippen LogP contribution in [0.1, 0.15) is 18.4 Å². The van der Waals surface area contributed by atoms with Crippen molar-refractivity contribution in [3.63, 3.8) is 0 Å². The Morgan fingerprint density at radius 2 is 1.89 bits per heavy atom. The van der Waals surface area contributed by atoms with Gasteiger partial charge in [-0.15, -0.1) is 0 Å². The minimum Gasteiger partial charge on any atom is -0.373 e. The number of carbonyl (C=O) groups is 1. The summed E-state index contributed by atoms with van der Waals surface area (Å²) < 4.78 is 8.85. The molecule has 1 amide bonds. The number of rotatable bonds is 5. The summed E-state index contributed by atoms with van der Waals surface area (Å²) in [5.74, 6) is -0.0815. The fourth-order valence-electron chi connectivity index (χ4n) is 3.38. The number of hydrogen-bond acceptors (Lipinski definition) is 4. The lowest BCUT2D eigenvalue weighted by Crippen LogP contribution is -2.43. The van der Waals surface area contributed by atoms with Crippen LogP contribution in [0.4, 0.5) is 0 Å². The fourth-order valence-corrected chi connectivity index (χ4v) is 3.38. The molecule has 1 fully saturated rings. The van der Waals surface area contributed by atoms with Gasteiger partial charge in [0, 0.05) is 19.3 Å². The first-order valence-corrected chi connectivity index (χ1v) is 9.17. The number of carbonyl (C=O) groups excluding carboxylic acids is 1. The van der Waals surface area contributed by atoms with Crippen molar-refractivity contribution in [1.29, 1.82) is 0 Å². The molecule has 1 aliphatic heterocycles. The molecule has 4 rings (SSSR count). The summed E-state index contributed by atoms with van der Waals surface area (Å²) in [7, 11) is 0. The molecule has 2 aromatic heterocycles. The smallest absolute Gasteiger partial charge is 0.291 e. The van der Waals surface area contributed by atoms with E-state index < -0.39 is 0 Å². The molecule has 7 nitrogen and oxygen atoms in total. The van der Waals surface area contributed by atoms with Crippen LogP contribution in [0.2, 0.25) is 0 Å². The van der Waals surface area contributed by atoms with Crippen LogP contribution in [0, 0.1) is 0 Å². The number of ether oxygens (including phenoxy) is 1. The summed E-state index contributed by atoms with van der Waals surface area (Å²) in [5.41, 5.74) is 1.42. The van der Waals surface area contributed by atoms with Gasteiger partial charge in [-0.1, -0.05) is 30.3 Å². The maximum atomic E-state index is 12.6. The first-order chi connectivity index (χ1) is 13.2. The Kier molecular flexibility index (Phi) is 5.02. The Morgan fingerprint density at radius 1 is 1.11 bits per heavy atom. The second-order valence-electron chi connectivity index (χ2n) is 6.77. The molecule has 0 N–H and O–H groups in total. The maximum Gasteiger partial charge on any atom is 0.291 e. The molecule has 3 aromatic rings. The molecular formula is C20H22N4O3. The van der Waals surface area contributed by atoms with E-state index in [9.17, 15) is 9.59 Å². The molecule has 27 heavy (non-hydrogen) atoms. The highest BCUT2D eigenvalue weighted by molar-refractivity contribution is 5.76. The molecule has 1 aliphatic rings. The molecule has 1 aromatic carbocycles. The van der Waals surface area contributed by atoms with E-state index in [2.05, 4.69) is 5.10 Å². The van der Waals surface area contributed by atoms with Gasteiger partial charge in [-0.05, 0) is 30.5 Å². The van der Waals surface area contributed by atoms with Crippen LogP contribution < -0.4 is 5.56 Å². The van der Waals surface area contributed by atoms with Crippen LogP contribution in [-0.2, 0) is 22.7 Å². The average Bonchev–Trinajstić information content (AvgIpc) is 3.19. The lowest BCUT2D eigenvalue weighted by molar-refractivity contribution is -0.134. The van der Waals surface area contributed by atoms with Gasteiger partial charge < -0.3 is 14.0 Å². The van der Waals surface area contributed by atoms with Crippen molar-refractivity contribution >= 4 is 11.4 Å². The van der Waals surface area contributed by atoms with Crippen LogP contribution in [0.25, 0.3) is 5.52 Å². The third-order valence-electron chi connectivity index (χ3n) is 4.96. The van der Waals surface area contributed by atoms with Crippen LogP contribution in [-0.4, -0.2) is 44.2 Å². The topological polar surface area (TPSA) is 68.8 Å². The van der Waals surface area contributed by atoms with E-state index in [-0.39, 0.29) is 24.1 Å². The van der Waals surface area contributed by atoms with Crippen LogP contribution in [0.15, 0.2) is 59.8 Å². The van der Waals surface area contributed by atoms with E-state index in [1.807, 2.05) is 30.3 Å². The minimum absolute atomic E-state index is 0.0317. The van der Waals surface area contributed by atoms with Crippen molar-refractivity contribution in [3.05, 3.63) is 70.9 Å². The Morgan fingerprint density at radius 3 is 2.67 bits per heavy atom. The summed E-state index contributed by atoms with van der Waals surface area (Å²) in [6, 6.07) is 13.6. The SMILES string of the molecule is O=C(Cn1ncn2cccc2c1=O)N1CCC(OCc2ccccc2)CC1. The normalized spacial score (nSPS) is 15.3. The van der Waals surface area contributed by atoms with Crippen LogP contribution >= 0.6 is 0 Å². The summed E-state index contributed by atoms with van der Waals surface area (Å²) in [6.07, 6.45) is 5.08. The number of aromatic nitrogens is 3. The van der Waals surface area contributed by atoms with Crippen LogP contribution in [0.3, 0.4) is 0 Å². The van der Waals surface area contributed by atoms with Gasteiger partial charge in [0.05, 0.1) is 12.7 Å². The first-order valence-electron chi connectivity index (χ1n) is 9.17. The van der Waals surface area contributed by atoms with Gasteiger partial charge in [0.2, 0.25) is 5.91 Å². The molecule has 140 valence electrons. The highest BCUT2D eigenvalue weighted by atomic mass is 16.5. The standard InChI is InChI=1S/C20H22N4O3/c25-19(13-24-20(26)18-7-4-10-23(18)15-21-24)22-11-8-17(9-12-22)27-14-16-5-2-1-3-6-16/h1-7,10,15,17H,8-9,11-14H2. The number of piperidine rings is 1. The molecule has 0 bridgehead atoms. The van der Waals surface area contributed by atoms with Gasteiger partial charge >= 0.3 is 0 Å². The molecule has 0 unspecified atom stereocenters. The van der Waals surface area contributed by atoms with Crippen molar-refractivity contribution in [2.24, 2.45) is 0 Å². The highest BCUT2D eigenvalue weighted by Crippen LogP contribution is 2.16. The molecule has 3 heterocycles. The quantitative estimate of drug-likeness (QED) is 0.689. The predicted octanol–water partition coefficient (Wildman–Crippen LogP) is 1.70. The first kappa shape index (κ1) is 17.5. The molecule has 0 spiro atoms. The van der Waals surface area contributed by atoms with Crippen LogP contribution in [0.5, 0.6) is 0 Å². The number of fused-ring (bicyclic) bond motifs is 1. The highest BCUT2D eigenvalue weighted by Gasteiger charge is 2.24. The van der Waals surface area contributed by atoms with Gasteiger partial charge in [-0.2, -0.15) is 5.10 Å². The van der Waals surface area contributed by atoms with E-state index in [0.717, 1.165) is 18.4 Å². The van der Waals surface area contributed by atoms with Gasteiger partial charge in [0.15, 0.2) is 0 Å². The zero-order valence-electron chi connectivity index (χ0n) is 15.0. The number of likely N-dealkylation sites (tertiary alicyclic amines) is 1. The Hall–Kier alpha value is -2.93. The Labute approximate surface area is 156 Å². The van der Waals surface area contributed by atoms with Crippen molar-refractivity contribution < 1.29 is 9.53 Å². The Bertz CT molecular complexity index is 972. The second-order valence-corrected chi connectivity index (χ2v) is 6.77. The largest absolute Gasteiger partial charge is 0.373 e. The van der Waals surface area contributed by atoms with Crippen molar-refractivity contribution in [3.8, 4) is 0 Å². The summed E-state index contributed by atoms with van der Waals surface area (Å²) in [5, 5.41) is 4.09. The van der Waals surface area contributed by atoms with E-state index in [4.69, 9.17) is 4.74 Å². The number of amides is 1. The van der Waals surface area contributed by atoms with Crippen molar-refractivity contribution in [1.82, 2.24) is 19.1 Å². The lowest BCUT2D eigenvalue weighted by atomic mass is 10.1. The zero-order valence-corrected chi connectivity index (χ0v) is 15.0. The number of nitrogens with zero attached hydrogens (tertiary/aromatic N) is 4. The molecule has 0 atom stereocenters.